The lowest BCUT2D eigenvalue weighted by Gasteiger charge is -2.35. The summed E-state index contributed by atoms with van der Waals surface area (Å²) in [6, 6.07) is 8.63. The fourth-order valence-electron chi connectivity index (χ4n) is 6.29. The summed E-state index contributed by atoms with van der Waals surface area (Å²) >= 11 is 0. The van der Waals surface area contributed by atoms with E-state index in [-0.39, 0.29) is 75.1 Å². The number of esters is 1. The number of nitrogens with zero attached hydrogens (tertiary/aromatic N) is 5. The third-order valence-electron chi connectivity index (χ3n) is 9.44. The van der Waals surface area contributed by atoms with Gasteiger partial charge in [0.15, 0.2) is 12.3 Å². The number of likely N-dealkylation sites (tertiary alicyclic amines) is 1. The Kier molecular flexibility index (Phi) is 13.4. The highest BCUT2D eigenvalue weighted by Gasteiger charge is 2.36. The summed E-state index contributed by atoms with van der Waals surface area (Å²) in [5, 5.41) is 19.5. The van der Waals surface area contributed by atoms with Crippen molar-refractivity contribution in [2.75, 3.05) is 59.7 Å². The first kappa shape index (κ1) is 38.1. The highest BCUT2D eigenvalue weighted by Crippen LogP contribution is 2.24. The summed E-state index contributed by atoms with van der Waals surface area (Å²) < 4.78 is 17.5. The minimum Gasteiger partial charge on any atom is -0.467 e. The standard InChI is InChI=1S/C35H47N7O10/c1-50-20-7-21-51-31(44)14-13-26(34(47)39-16-18-40(19-17-39)35(48)49)37-32(45)27-22-30(42(38-27)25-10-3-2-4-11-25)52-23-29(43)41-15-6-12-28(41)33(46)36-24-8-5-9-24/h2-4,10-11,22,24,26,28H,5-9,12-21,23H2,1H3,(H,36,46)(H,37,45)(H,48,49). The van der Waals surface area contributed by atoms with Gasteiger partial charge in [-0.1, -0.05) is 18.2 Å². The van der Waals surface area contributed by atoms with Gasteiger partial charge in [-0.25, -0.2) is 9.48 Å². The summed E-state index contributed by atoms with van der Waals surface area (Å²) in [4.78, 5) is 81.6. The second kappa shape index (κ2) is 18.3. The average molecular weight is 726 g/mol. The molecule has 1 aromatic carbocycles. The molecule has 5 rings (SSSR count). The molecule has 0 bridgehead atoms. The molecule has 0 spiro atoms. The number of nitrogens with one attached hydrogen (secondary N) is 2. The number of piperazine rings is 1. The van der Waals surface area contributed by atoms with Crippen LogP contribution in [0.15, 0.2) is 36.4 Å². The Labute approximate surface area is 301 Å². The highest BCUT2D eigenvalue weighted by molar-refractivity contribution is 5.96. The quantitative estimate of drug-likeness (QED) is 0.166. The molecule has 3 fully saturated rings. The van der Waals surface area contributed by atoms with Gasteiger partial charge in [-0.2, -0.15) is 5.10 Å². The molecule has 5 amide bonds. The van der Waals surface area contributed by atoms with E-state index in [2.05, 4.69) is 15.7 Å². The smallest absolute Gasteiger partial charge is 0.407 e. The Morgan fingerprint density at radius 2 is 1.67 bits per heavy atom. The number of ether oxygens (including phenoxy) is 3. The van der Waals surface area contributed by atoms with E-state index >= 15 is 0 Å². The maximum atomic E-state index is 13.7. The molecule has 52 heavy (non-hydrogen) atoms. The van der Waals surface area contributed by atoms with E-state index in [4.69, 9.17) is 14.2 Å². The van der Waals surface area contributed by atoms with Crippen LogP contribution in [0.1, 0.15) is 61.9 Å². The lowest BCUT2D eigenvalue weighted by Crippen LogP contribution is -2.55. The number of carboxylic acid groups (broad SMARTS) is 1. The predicted molar refractivity (Wildman–Crippen MR) is 184 cm³/mol. The lowest BCUT2D eigenvalue weighted by molar-refractivity contribution is -0.144. The van der Waals surface area contributed by atoms with Crippen LogP contribution in [0.2, 0.25) is 0 Å². The van der Waals surface area contributed by atoms with Crippen molar-refractivity contribution in [3.63, 3.8) is 0 Å². The SMILES string of the molecule is COCCCOC(=O)CCC(NC(=O)c1cc(OCC(=O)N2CCCC2C(=O)NC2CCC2)n(-c2ccccc2)n1)C(=O)N1CCN(C(=O)O)CC1. The van der Waals surface area contributed by atoms with Gasteiger partial charge in [0.2, 0.25) is 17.7 Å². The largest absolute Gasteiger partial charge is 0.467 e. The van der Waals surface area contributed by atoms with Crippen LogP contribution in [-0.4, -0.2) is 143 Å². The van der Waals surface area contributed by atoms with E-state index in [1.54, 1.807) is 24.3 Å². The molecule has 1 aliphatic carbocycles. The molecule has 282 valence electrons. The van der Waals surface area contributed by atoms with Crippen molar-refractivity contribution in [3.8, 4) is 11.6 Å². The number of hydrogen-bond acceptors (Lipinski definition) is 10. The molecule has 1 saturated carbocycles. The molecular weight excluding hydrogens is 678 g/mol. The number of rotatable bonds is 16. The van der Waals surface area contributed by atoms with Crippen molar-refractivity contribution in [1.29, 1.82) is 0 Å². The molecule has 2 saturated heterocycles. The Hall–Kier alpha value is -5.19. The number of para-hydroxylation sites is 1. The van der Waals surface area contributed by atoms with Crippen molar-refractivity contribution in [3.05, 3.63) is 42.1 Å². The van der Waals surface area contributed by atoms with Crippen LogP contribution in [0.5, 0.6) is 5.88 Å². The van der Waals surface area contributed by atoms with Gasteiger partial charge < -0.3 is 44.7 Å². The van der Waals surface area contributed by atoms with Crippen molar-refractivity contribution in [1.82, 2.24) is 35.1 Å². The van der Waals surface area contributed by atoms with Crippen molar-refractivity contribution in [2.45, 2.75) is 69.5 Å². The summed E-state index contributed by atoms with van der Waals surface area (Å²) in [5.41, 5.74) is 0.434. The second-order valence-corrected chi connectivity index (χ2v) is 13.0. The maximum absolute atomic E-state index is 13.7. The van der Waals surface area contributed by atoms with Crippen LogP contribution < -0.4 is 15.4 Å². The Bertz CT molecular complexity index is 1570. The predicted octanol–water partition coefficient (Wildman–Crippen LogP) is 1.19. The molecule has 3 N–H and O–H groups in total. The van der Waals surface area contributed by atoms with Gasteiger partial charge >= 0.3 is 12.1 Å². The molecule has 3 heterocycles. The molecule has 2 atom stereocenters. The minimum absolute atomic E-state index is 0.0740. The minimum atomic E-state index is -1.15. The van der Waals surface area contributed by atoms with E-state index in [9.17, 15) is 33.9 Å². The molecule has 2 aliphatic heterocycles. The highest BCUT2D eigenvalue weighted by atomic mass is 16.5. The van der Waals surface area contributed by atoms with Gasteiger partial charge in [0.05, 0.1) is 12.3 Å². The normalized spacial score (nSPS) is 17.9. The van der Waals surface area contributed by atoms with Crippen molar-refractivity contribution >= 4 is 35.7 Å². The van der Waals surface area contributed by atoms with Gasteiger partial charge in [-0.15, -0.1) is 0 Å². The van der Waals surface area contributed by atoms with Crippen LogP contribution in [0, 0.1) is 0 Å². The van der Waals surface area contributed by atoms with Crippen LogP contribution >= 0.6 is 0 Å². The number of hydrogen-bond donors (Lipinski definition) is 3. The maximum Gasteiger partial charge on any atom is 0.407 e. The van der Waals surface area contributed by atoms with Gasteiger partial charge in [0.25, 0.3) is 11.8 Å². The molecular formula is C35H47N7O10. The fraction of sp³-hybridized carbons (Fsp3) is 0.571. The van der Waals surface area contributed by atoms with E-state index in [1.165, 1.54) is 32.6 Å². The first-order valence-corrected chi connectivity index (χ1v) is 17.7. The van der Waals surface area contributed by atoms with Crippen LogP contribution in [0.25, 0.3) is 5.69 Å². The summed E-state index contributed by atoms with van der Waals surface area (Å²) in [6.07, 6.45) is 3.40. The van der Waals surface area contributed by atoms with Crippen LogP contribution in [0.3, 0.4) is 0 Å². The second-order valence-electron chi connectivity index (χ2n) is 13.0. The first-order valence-electron chi connectivity index (χ1n) is 17.7. The van der Waals surface area contributed by atoms with Crippen LogP contribution in [0.4, 0.5) is 4.79 Å². The Morgan fingerprint density at radius 3 is 2.35 bits per heavy atom. The number of benzene rings is 1. The van der Waals surface area contributed by atoms with E-state index in [1.807, 2.05) is 6.07 Å². The first-order chi connectivity index (χ1) is 25.1. The average Bonchev–Trinajstić information content (AvgIpc) is 3.81. The van der Waals surface area contributed by atoms with Gasteiger partial charge in [-0.3, -0.25) is 24.0 Å². The van der Waals surface area contributed by atoms with Crippen molar-refractivity contribution in [2.24, 2.45) is 0 Å². The Morgan fingerprint density at radius 1 is 0.942 bits per heavy atom. The summed E-state index contributed by atoms with van der Waals surface area (Å²) in [7, 11) is 1.54. The zero-order chi connectivity index (χ0) is 37.0. The fourth-order valence-corrected chi connectivity index (χ4v) is 6.29. The molecule has 17 heteroatoms. The van der Waals surface area contributed by atoms with Crippen molar-refractivity contribution < 1.29 is 48.1 Å². The number of methoxy groups -OCH3 is 1. The zero-order valence-electron chi connectivity index (χ0n) is 29.4. The molecule has 3 aliphatic rings. The molecule has 1 aromatic heterocycles. The van der Waals surface area contributed by atoms with Gasteiger partial charge in [-0.05, 0) is 50.7 Å². The number of amides is 5. The number of aromatic nitrogens is 2. The molecule has 17 nitrogen and oxygen atoms in total. The number of carbonyl (C=O) groups is 6. The topological polar surface area (TPSA) is 202 Å². The third kappa shape index (κ3) is 9.98. The lowest BCUT2D eigenvalue weighted by atomic mass is 9.93. The van der Waals surface area contributed by atoms with Gasteiger partial charge in [0, 0.05) is 71.4 Å². The number of carbonyl (C=O) groups excluding carboxylic acids is 5. The molecule has 2 unspecified atom stereocenters. The third-order valence-corrected chi connectivity index (χ3v) is 9.44. The summed E-state index contributed by atoms with van der Waals surface area (Å²) in [6.45, 7) is 1.03. The molecule has 2 aromatic rings. The van der Waals surface area contributed by atoms with E-state index in [0.717, 1.165) is 19.3 Å². The van der Waals surface area contributed by atoms with E-state index < -0.39 is 42.6 Å². The summed E-state index contributed by atoms with van der Waals surface area (Å²) in [5.74, 6) is -2.19. The van der Waals surface area contributed by atoms with Gasteiger partial charge in [0.1, 0.15) is 12.1 Å². The zero-order valence-corrected chi connectivity index (χ0v) is 29.4. The van der Waals surface area contributed by atoms with Crippen LogP contribution in [-0.2, 0) is 28.7 Å². The molecule has 0 radical (unpaired) electrons. The monoisotopic (exact) mass is 725 g/mol. The van der Waals surface area contributed by atoms with E-state index in [0.29, 0.717) is 38.1 Å². The Balaban J connectivity index is 1.28.